The smallest absolute Gasteiger partial charge is 0.433 e. The number of alkyl halides is 3. The summed E-state index contributed by atoms with van der Waals surface area (Å²) in [6.07, 6.45) is -4.06. The average Bonchev–Trinajstić information content (AvgIpc) is 3.37. The summed E-state index contributed by atoms with van der Waals surface area (Å²) in [7, 11) is 0. The lowest BCUT2D eigenvalue weighted by Gasteiger charge is -2.17. The molecule has 4 N–H and O–H groups in total. The first kappa shape index (κ1) is 33.6. The molecule has 1 heterocycles. The summed E-state index contributed by atoms with van der Waals surface area (Å²) in [6, 6.07) is 9.47. The monoisotopic (exact) mass is 644 g/mol. The Morgan fingerprint density at radius 1 is 0.978 bits per heavy atom. The lowest BCUT2D eigenvalue weighted by atomic mass is 10.0. The number of anilines is 3. The molecule has 46 heavy (non-hydrogen) atoms. The number of H-pyrrole nitrogens is 1. The van der Waals surface area contributed by atoms with Crippen LogP contribution in [-0.4, -0.2) is 40.0 Å². The van der Waals surface area contributed by atoms with Crippen LogP contribution in [0.1, 0.15) is 39.7 Å². The van der Waals surface area contributed by atoms with Gasteiger partial charge in [0.15, 0.2) is 11.6 Å². The van der Waals surface area contributed by atoms with Gasteiger partial charge in [-0.1, -0.05) is 25.1 Å². The Hall–Kier alpha value is -5.34. The molecule has 0 saturated heterocycles. The average molecular weight is 645 g/mol. The number of benzene rings is 3. The Kier molecular flexibility index (Phi) is 9.73. The lowest BCUT2D eigenvalue weighted by Crippen LogP contribution is -2.25. The molecule has 0 spiro atoms. The third kappa shape index (κ3) is 8.22. The highest BCUT2D eigenvalue weighted by Gasteiger charge is 2.31. The van der Waals surface area contributed by atoms with Gasteiger partial charge in [-0.2, -0.15) is 23.3 Å². The number of aliphatic imine (C=N–C) groups is 1. The molecule has 0 fully saturated rings. The molecule has 0 saturated carbocycles. The predicted molar refractivity (Wildman–Crippen MR) is 163 cm³/mol. The maximum absolute atomic E-state index is 15.5. The highest BCUT2D eigenvalue weighted by Crippen LogP contribution is 2.33. The van der Waals surface area contributed by atoms with Crippen LogP contribution < -0.4 is 16.0 Å². The van der Waals surface area contributed by atoms with Gasteiger partial charge in [0.1, 0.15) is 16.9 Å². The number of aromatic nitrogens is 2. The lowest BCUT2D eigenvalue weighted by molar-refractivity contribution is -0.137. The number of carbonyl (C=O) groups is 3. The summed E-state index contributed by atoms with van der Waals surface area (Å²) < 4.78 is 73.4. The highest BCUT2D eigenvalue weighted by molar-refractivity contribution is 6.07. The molecule has 0 aliphatic heterocycles. The van der Waals surface area contributed by atoms with Gasteiger partial charge in [0.2, 0.25) is 5.91 Å². The van der Waals surface area contributed by atoms with Gasteiger partial charge < -0.3 is 20.7 Å². The van der Waals surface area contributed by atoms with Crippen LogP contribution in [0.25, 0.3) is 22.0 Å². The van der Waals surface area contributed by atoms with Crippen molar-refractivity contribution in [3.05, 3.63) is 71.8 Å². The minimum absolute atomic E-state index is 0.00737. The van der Waals surface area contributed by atoms with Crippen molar-refractivity contribution >= 4 is 52.3 Å². The van der Waals surface area contributed by atoms with E-state index in [1.165, 1.54) is 36.5 Å². The molecule has 15 heteroatoms. The van der Waals surface area contributed by atoms with E-state index in [1.807, 2.05) is 5.32 Å². The summed E-state index contributed by atoms with van der Waals surface area (Å²) in [5.41, 5.74) is -1.77. The van der Waals surface area contributed by atoms with Gasteiger partial charge in [-0.25, -0.2) is 18.4 Å². The van der Waals surface area contributed by atoms with Gasteiger partial charge >= 0.3 is 18.3 Å². The number of nitrogens with zero attached hydrogens (tertiary/aromatic N) is 2. The zero-order valence-electron chi connectivity index (χ0n) is 25.0. The number of hydrogen-bond acceptors (Lipinski definition) is 5. The summed E-state index contributed by atoms with van der Waals surface area (Å²) in [5.74, 6) is -2.97. The van der Waals surface area contributed by atoms with E-state index in [-0.39, 0.29) is 28.0 Å². The molecular formula is C31H29F5N6O4. The second-order valence-electron chi connectivity index (χ2n) is 11.0. The number of aromatic amines is 1. The van der Waals surface area contributed by atoms with Crippen molar-refractivity contribution in [3.63, 3.8) is 0 Å². The summed E-state index contributed by atoms with van der Waals surface area (Å²) in [4.78, 5) is 40.7. The number of amides is 4. The van der Waals surface area contributed by atoms with Crippen molar-refractivity contribution in [1.29, 1.82) is 0 Å². The zero-order valence-corrected chi connectivity index (χ0v) is 25.0. The topological polar surface area (TPSA) is 138 Å². The maximum atomic E-state index is 15.5. The number of hydrogen-bond donors (Lipinski definition) is 4. The fraction of sp³-hybridized carbons (Fsp3) is 0.258. The van der Waals surface area contributed by atoms with Crippen LogP contribution in [0, 0.1) is 17.6 Å². The van der Waals surface area contributed by atoms with Gasteiger partial charge in [0.05, 0.1) is 17.2 Å². The zero-order chi connectivity index (χ0) is 33.8. The third-order valence-corrected chi connectivity index (χ3v) is 6.44. The normalized spacial score (nSPS) is 12.6. The van der Waals surface area contributed by atoms with Gasteiger partial charge in [-0.15, -0.1) is 0 Å². The third-order valence-electron chi connectivity index (χ3n) is 6.44. The van der Waals surface area contributed by atoms with E-state index in [1.54, 1.807) is 33.8 Å². The van der Waals surface area contributed by atoms with Crippen molar-refractivity contribution in [2.45, 2.75) is 45.9 Å². The van der Waals surface area contributed by atoms with Gasteiger partial charge in [0, 0.05) is 22.9 Å². The number of rotatable bonds is 7. The molecule has 1 atom stereocenters. The SMILES string of the molecule is CCC(C=NC(=O)OC(C)(C)C)C(=O)Nc1n[nH]c2c(F)c(-c3ccc(NC(=O)Nc4cc(C(F)(F)F)ccc4F)cc3)ccc12. The van der Waals surface area contributed by atoms with E-state index in [2.05, 4.69) is 25.8 Å². The van der Waals surface area contributed by atoms with E-state index in [4.69, 9.17) is 4.74 Å². The fourth-order valence-corrected chi connectivity index (χ4v) is 4.20. The summed E-state index contributed by atoms with van der Waals surface area (Å²) in [5, 5.41) is 13.9. The first-order valence-electron chi connectivity index (χ1n) is 13.9. The number of nitrogens with one attached hydrogen (secondary N) is 4. The molecule has 4 aromatic rings. The first-order valence-corrected chi connectivity index (χ1v) is 13.9. The molecule has 1 unspecified atom stereocenters. The van der Waals surface area contributed by atoms with Crippen LogP contribution in [0.5, 0.6) is 0 Å². The number of halogens is 5. The van der Waals surface area contributed by atoms with E-state index in [9.17, 15) is 31.9 Å². The molecule has 0 aliphatic carbocycles. The van der Waals surface area contributed by atoms with E-state index in [0.29, 0.717) is 30.2 Å². The minimum atomic E-state index is -4.72. The number of carbonyl (C=O) groups excluding carboxylic acids is 3. The van der Waals surface area contributed by atoms with Crippen molar-refractivity contribution in [2.75, 3.05) is 16.0 Å². The Morgan fingerprint density at radius 2 is 1.67 bits per heavy atom. The first-order chi connectivity index (χ1) is 21.6. The number of fused-ring (bicyclic) bond motifs is 1. The molecule has 3 aromatic carbocycles. The van der Waals surface area contributed by atoms with E-state index in [0.717, 1.165) is 0 Å². The van der Waals surface area contributed by atoms with Crippen molar-refractivity contribution in [3.8, 4) is 11.1 Å². The predicted octanol–water partition coefficient (Wildman–Crippen LogP) is 8.14. The quantitative estimate of drug-likeness (QED) is 0.119. The van der Waals surface area contributed by atoms with Crippen LogP contribution in [0.4, 0.5) is 48.7 Å². The molecule has 4 rings (SSSR count). The Bertz CT molecular complexity index is 1800. The molecule has 0 bridgehead atoms. The Morgan fingerprint density at radius 3 is 2.30 bits per heavy atom. The van der Waals surface area contributed by atoms with Crippen LogP contribution in [0.3, 0.4) is 0 Å². The van der Waals surface area contributed by atoms with Gasteiger partial charge in [-0.05, 0) is 69.2 Å². The molecule has 0 radical (unpaired) electrons. The summed E-state index contributed by atoms with van der Waals surface area (Å²) >= 11 is 0. The molecule has 4 amide bonds. The van der Waals surface area contributed by atoms with E-state index >= 15 is 4.39 Å². The summed E-state index contributed by atoms with van der Waals surface area (Å²) in [6.45, 7) is 6.78. The van der Waals surface area contributed by atoms with Crippen LogP contribution in [0.2, 0.25) is 0 Å². The molecular weight excluding hydrogens is 615 g/mol. The number of urea groups is 1. The maximum Gasteiger partial charge on any atom is 0.433 e. The van der Waals surface area contributed by atoms with Crippen LogP contribution in [-0.2, 0) is 15.7 Å². The second kappa shape index (κ2) is 13.3. The Labute approximate surface area is 259 Å². The highest BCUT2D eigenvalue weighted by atomic mass is 19.4. The minimum Gasteiger partial charge on any atom is -0.442 e. The van der Waals surface area contributed by atoms with Gasteiger partial charge in [0.25, 0.3) is 0 Å². The van der Waals surface area contributed by atoms with Crippen LogP contribution in [0.15, 0.2) is 59.6 Å². The molecule has 242 valence electrons. The second-order valence-corrected chi connectivity index (χ2v) is 11.0. The van der Waals surface area contributed by atoms with Crippen molar-refractivity contribution in [2.24, 2.45) is 10.9 Å². The largest absolute Gasteiger partial charge is 0.442 e. The fourth-order valence-electron chi connectivity index (χ4n) is 4.20. The van der Waals surface area contributed by atoms with Gasteiger partial charge in [-0.3, -0.25) is 9.89 Å². The Balaban J connectivity index is 1.44. The molecule has 1 aromatic heterocycles. The van der Waals surface area contributed by atoms with Crippen LogP contribution >= 0.6 is 0 Å². The molecule has 10 nitrogen and oxygen atoms in total. The standard InChI is InChI=1S/C31H29F5N6O4/c1-5-16(15-37-29(45)46-30(2,3)4)27(43)40-26-21-12-11-20(24(33)25(21)41-42-26)17-6-9-19(10-7-17)38-28(44)39-23-14-18(31(34,35)36)8-13-22(23)32/h6-16H,5H2,1-4H3,(H2,38,39,44)(H2,40,41,42,43). The van der Waals surface area contributed by atoms with Crippen molar-refractivity contribution < 1.29 is 41.1 Å². The number of ether oxygens (including phenoxy) is 1. The van der Waals surface area contributed by atoms with Crippen molar-refractivity contribution in [1.82, 2.24) is 10.2 Å². The molecule has 0 aliphatic rings. The van der Waals surface area contributed by atoms with E-state index < -0.39 is 58.6 Å².